The maximum Gasteiger partial charge on any atom is 0.434 e. The highest BCUT2D eigenvalue weighted by Gasteiger charge is 2.35. The summed E-state index contributed by atoms with van der Waals surface area (Å²) < 4.78 is 65.2. The molecular formula is C7H6BrF3N2. The SMILES string of the molecule is [2H]c1nc(C(F)(F)F)c(Br)c(N)c1C([2H])([2H])[2H]. The molecule has 1 aromatic heterocycles. The smallest absolute Gasteiger partial charge is 0.397 e. The highest BCUT2D eigenvalue weighted by atomic mass is 79.9. The molecule has 0 saturated carbocycles. The fraction of sp³-hybridized carbons (Fsp3) is 0.286. The molecule has 1 heterocycles. The van der Waals surface area contributed by atoms with Crippen LogP contribution in [0.3, 0.4) is 0 Å². The third-order valence-electron chi connectivity index (χ3n) is 1.26. The van der Waals surface area contributed by atoms with Crippen LogP contribution in [0.15, 0.2) is 10.6 Å². The first kappa shape index (κ1) is 5.85. The van der Waals surface area contributed by atoms with Crippen molar-refractivity contribution in [2.75, 3.05) is 5.73 Å². The zero-order chi connectivity index (χ0) is 13.6. The summed E-state index contributed by atoms with van der Waals surface area (Å²) in [6, 6.07) is 0. The third kappa shape index (κ3) is 1.93. The second kappa shape index (κ2) is 3.17. The van der Waals surface area contributed by atoms with Crippen molar-refractivity contribution < 1.29 is 18.7 Å². The van der Waals surface area contributed by atoms with Crippen molar-refractivity contribution in [3.8, 4) is 0 Å². The van der Waals surface area contributed by atoms with Crippen LogP contribution in [0.1, 0.15) is 16.7 Å². The van der Waals surface area contributed by atoms with E-state index < -0.39 is 40.6 Å². The molecule has 0 spiro atoms. The van der Waals surface area contributed by atoms with Crippen LogP contribution in [0.4, 0.5) is 18.9 Å². The summed E-state index contributed by atoms with van der Waals surface area (Å²) >= 11 is 2.55. The van der Waals surface area contributed by atoms with Crippen LogP contribution in [0, 0.1) is 6.85 Å². The predicted octanol–water partition coefficient (Wildman–Crippen LogP) is 2.75. The van der Waals surface area contributed by atoms with Crippen LogP contribution in [-0.2, 0) is 6.18 Å². The lowest BCUT2D eigenvalue weighted by molar-refractivity contribution is -0.141. The minimum Gasteiger partial charge on any atom is -0.397 e. The van der Waals surface area contributed by atoms with E-state index in [1.807, 2.05) is 0 Å². The normalized spacial score (nSPS) is 17.2. The van der Waals surface area contributed by atoms with Crippen LogP contribution in [0.25, 0.3) is 0 Å². The van der Waals surface area contributed by atoms with Gasteiger partial charge in [-0.25, -0.2) is 0 Å². The Bertz CT molecular complexity index is 458. The summed E-state index contributed by atoms with van der Waals surface area (Å²) in [5, 5.41) is 0. The summed E-state index contributed by atoms with van der Waals surface area (Å²) in [6.45, 7) is -2.79. The van der Waals surface area contributed by atoms with Crippen molar-refractivity contribution >= 4 is 21.6 Å². The maximum absolute atomic E-state index is 12.5. The van der Waals surface area contributed by atoms with Crippen molar-refractivity contribution in [2.45, 2.75) is 13.0 Å². The Morgan fingerprint density at radius 3 is 2.77 bits per heavy atom. The lowest BCUT2D eigenvalue weighted by atomic mass is 10.2. The summed E-state index contributed by atoms with van der Waals surface area (Å²) in [4.78, 5) is 2.93. The molecule has 0 amide bonds. The predicted molar refractivity (Wildman–Crippen MR) is 46.1 cm³/mol. The van der Waals surface area contributed by atoms with Gasteiger partial charge in [0.2, 0.25) is 0 Å². The molecule has 0 aliphatic carbocycles. The molecule has 13 heavy (non-hydrogen) atoms. The van der Waals surface area contributed by atoms with Gasteiger partial charge in [0, 0.05) is 10.3 Å². The molecule has 0 aliphatic rings. The van der Waals surface area contributed by atoms with Gasteiger partial charge in [0.05, 0.1) is 11.5 Å². The molecule has 0 unspecified atom stereocenters. The number of nitrogens with zero attached hydrogens (tertiary/aromatic N) is 1. The number of rotatable bonds is 0. The Balaban J connectivity index is 3.60. The van der Waals surface area contributed by atoms with Crippen LogP contribution >= 0.6 is 15.9 Å². The molecule has 1 rings (SSSR count). The summed E-state index contributed by atoms with van der Waals surface area (Å²) in [7, 11) is 0. The van der Waals surface area contributed by atoms with Crippen molar-refractivity contribution in [3.63, 3.8) is 0 Å². The van der Waals surface area contributed by atoms with Crippen molar-refractivity contribution in [2.24, 2.45) is 0 Å². The number of nitrogens with two attached hydrogens (primary N) is 1. The number of pyridine rings is 1. The number of hydrogen-bond acceptors (Lipinski definition) is 2. The lowest BCUT2D eigenvalue weighted by Crippen LogP contribution is -2.11. The fourth-order valence-electron chi connectivity index (χ4n) is 0.646. The van der Waals surface area contributed by atoms with Gasteiger partial charge >= 0.3 is 6.18 Å². The molecular weight excluding hydrogens is 249 g/mol. The Labute approximate surface area is 86.7 Å². The molecule has 0 radical (unpaired) electrons. The average Bonchev–Trinajstić information content (AvgIpc) is 2.07. The van der Waals surface area contributed by atoms with Gasteiger partial charge in [0.25, 0.3) is 0 Å². The molecule has 72 valence electrons. The largest absolute Gasteiger partial charge is 0.434 e. The van der Waals surface area contributed by atoms with Crippen LogP contribution < -0.4 is 5.73 Å². The van der Waals surface area contributed by atoms with Crippen LogP contribution in [0.2, 0.25) is 0 Å². The van der Waals surface area contributed by atoms with Gasteiger partial charge in [-0.1, -0.05) is 0 Å². The highest BCUT2D eigenvalue weighted by Crippen LogP contribution is 2.36. The lowest BCUT2D eigenvalue weighted by Gasteiger charge is -2.10. The zero-order valence-electron chi connectivity index (χ0n) is 10.0. The monoisotopic (exact) mass is 258 g/mol. The maximum atomic E-state index is 12.5. The molecule has 6 heteroatoms. The molecule has 0 saturated heterocycles. The standard InChI is InChI=1S/C7H6BrF3N2/c1-3-2-13-6(7(9,10)11)4(8)5(3)12/h2H,1H3,(H2,12,13)/i1D3,2D. The topological polar surface area (TPSA) is 38.9 Å². The second-order valence-electron chi connectivity index (χ2n) is 2.17. The molecule has 0 atom stereocenters. The molecule has 0 aliphatic heterocycles. The first-order valence-corrected chi connectivity index (χ1v) is 3.78. The number of halogens is 4. The Hall–Kier alpha value is -0.780. The van der Waals surface area contributed by atoms with Crippen molar-refractivity contribution in [3.05, 3.63) is 21.9 Å². The van der Waals surface area contributed by atoms with E-state index in [2.05, 4.69) is 20.9 Å². The fourth-order valence-corrected chi connectivity index (χ4v) is 1.16. The number of anilines is 1. The van der Waals surface area contributed by atoms with Crippen molar-refractivity contribution in [1.29, 1.82) is 0 Å². The van der Waals surface area contributed by atoms with E-state index in [-0.39, 0.29) is 0 Å². The van der Waals surface area contributed by atoms with Gasteiger partial charge in [0.15, 0.2) is 5.69 Å². The molecule has 1 aromatic rings. The number of alkyl halides is 3. The van der Waals surface area contributed by atoms with Crippen LogP contribution in [0.5, 0.6) is 0 Å². The molecule has 2 nitrogen and oxygen atoms in total. The van der Waals surface area contributed by atoms with E-state index in [0.717, 1.165) is 0 Å². The van der Waals surface area contributed by atoms with Gasteiger partial charge in [0.1, 0.15) is 0 Å². The third-order valence-corrected chi connectivity index (χ3v) is 2.06. The number of aromatic nitrogens is 1. The van der Waals surface area contributed by atoms with E-state index in [9.17, 15) is 13.2 Å². The van der Waals surface area contributed by atoms with Crippen LogP contribution in [-0.4, -0.2) is 4.98 Å². The van der Waals surface area contributed by atoms with Gasteiger partial charge in [-0.3, -0.25) is 4.98 Å². The molecule has 0 fully saturated rings. The highest BCUT2D eigenvalue weighted by molar-refractivity contribution is 9.10. The minimum atomic E-state index is -4.81. The van der Waals surface area contributed by atoms with Gasteiger partial charge < -0.3 is 5.73 Å². The zero-order valence-corrected chi connectivity index (χ0v) is 7.62. The van der Waals surface area contributed by atoms with Crippen molar-refractivity contribution in [1.82, 2.24) is 4.98 Å². The quantitative estimate of drug-likeness (QED) is 0.778. The summed E-state index contributed by atoms with van der Waals surface area (Å²) in [5.41, 5.74) is 2.55. The first-order chi connectivity index (χ1) is 7.46. The van der Waals surface area contributed by atoms with E-state index in [0.29, 0.717) is 0 Å². The summed E-state index contributed by atoms with van der Waals surface area (Å²) in [5.74, 6) is 0. The molecule has 0 bridgehead atoms. The Kier molecular flexibility index (Phi) is 1.43. The molecule has 0 aromatic carbocycles. The van der Waals surface area contributed by atoms with Gasteiger partial charge in [-0.05, 0) is 28.3 Å². The first-order valence-electron chi connectivity index (χ1n) is 4.99. The Morgan fingerprint density at radius 2 is 2.31 bits per heavy atom. The molecule has 2 N–H and O–H groups in total. The summed E-state index contributed by atoms with van der Waals surface area (Å²) in [6.07, 6.45) is -5.81. The number of nitrogen functional groups attached to an aromatic ring is 1. The average molecular weight is 259 g/mol. The van der Waals surface area contributed by atoms with Gasteiger partial charge in [-0.15, -0.1) is 0 Å². The van der Waals surface area contributed by atoms with E-state index in [1.165, 1.54) is 0 Å². The van der Waals surface area contributed by atoms with Gasteiger partial charge in [-0.2, -0.15) is 13.2 Å². The van der Waals surface area contributed by atoms with E-state index in [4.69, 9.17) is 11.2 Å². The number of hydrogen-bond donors (Lipinski definition) is 1. The van der Waals surface area contributed by atoms with E-state index in [1.54, 1.807) is 0 Å². The minimum absolute atomic E-state index is 0.641. The Morgan fingerprint density at radius 1 is 1.69 bits per heavy atom. The van der Waals surface area contributed by atoms with E-state index >= 15 is 0 Å². The second-order valence-corrected chi connectivity index (χ2v) is 2.97.